The number of rotatable bonds is 7. The van der Waals surface area contributed by atoms with Crippen molar-refractivity contribution >= 4 is 15.8 Å². The van der Waals surface area contributed by atoms with Crippen molar-refractivity contribution in [2.75, 3.05) is 40.4 Å². The van der Waals surface area contributed by atoms with Gasteiger partial charge in [0.15, 0.2) is 6.04 Å². The van der Waals surface area contributed by atoms with Crippen molar-refractivity contribution in [2.45, 2.75) is 17.4 Å². The molecule has 0 aromatic heterocycles. The molecule has 2 aromatic carbocycles. The molecule has 1 atom stereocenters. The fraction of sp³-hybridized carbons (Fsp3) is 0.381. The van der Waals surface area contributed by atoms with Gasteiger partial charge in [0.25, 0.3) is 0 Å². The summed E-state index contributed by atoms with van der Waals surface area (Å²) in [6.45, 7) is 1.56. The molecule has 7 heteroatoms. The van der Waals surface area contributed by atoms with Crippen molar-refractivity contribution in [1.29, 1.82) is 0 Å². The van der Waals surface area contributed by atoms with Crippen LogP contribution in [0.15, 0.2) is 59.5 Å². The van der Waals surface area contributed by atoms with E-state index in [1.807, 2.05) is 50.5 Å². The molecule has 0 amide bonds. The number of hydrogen-bond acceptors (Lipinski definition) is 4. The van der Waals surface area contributed by atoms with E-state index in [2.05, 4.69) is 0 Å². The molecule has 1 fully saturated rings. The number of carbonyl (C=O) groups excluding carboxylic acids is 1. The minimum Gasteiger partial charge on any atom is -0.379 e. The molecule has 1 saturated heterocycles. The van der Waals surface area contributed by atoms with Crippen LogP contribution in [0.1, 0.15) is 15.9 Å². The molecule has 0 aliphatic carbocycles. The maximum Gasteiger partial charge on any atom is 0.243 e. The Morgan fingerprint density at radius 2 is 1.75 bits per heavy atom. The Kier molecular flexibility index (Phi) is 6.61. The summed E-state index contributed by atoms with van der Waals surface area (Å²) in [5, 5.41) is 0. The normalized spacial score (nSPS) is 16.8. The van der Waals surface area contributed by atoms with Crippen LogP contribution in [-0.2, 0) is 21.2 Å². The van der Waals surface area contributed by atoms with Crippen LogP contribution in [0.5, 0.6) is 0 Å². The van der Waals surface area contributed by atoms with Crippen LogP contribution < -0.4 is 4.90 Å². The van der Waals surface area contributed by atoms with Gasteiger partial charge in [-0.3, -0.25) is 4.79 Å². The summed E-state index contributed by atoms with van der Waals surface area (Å²) in [6, 6.07) is 15.9. The fourth-order valence-electron chi connectivity index (χ4n) is 3.37. The van der Waals surface area contributed by atoms with Gasteiger partial charge in [0, 0.05) is 25.1 Å². The highest BCUT2D eigenvalue weighted by molar-refractivity contribution is 7.89. The van der Waals surface area contributed by atoms with Gasteiger partial charge < -0.3 is 9.64 Å². The molecule has 0 radical (unpaired) electrons. The minimum absolute atomic E-state index is 0.0574. The van der Waals surface area contributed by atoms with Gasteiger partial charge in [-0.15, -0.1) is 0 Å². The summed E-state index contributed by atoms with van der Waals surface area (Å²) in [5.74, 6) is 0.0574. The molecule has 1 aliphatic rings. The molecule has 0 unspecified atom stereocenters. The van der Waals surface area contributed by atoms with E-state index in [-0.39, 0.29) is 16.7 Å². The van der Waals surface area contributed by atoms with E-state index in [1.165, 1.54) is 4.31 Å². The van der Waals surface area contributed by atoms with Gasteiger partial charge in [0.1, 0.15) is 0 Å². The highest BCUT2D eigenvalue weighted by Gasteiger charge is 2.29. The van der Waals surface area contributed by atoms with E-state index in [9.17, 15) is 13.2 Å². The van der Waals surface area contributed by atoms with Gasteiger partial charge >= 0.3 is 0 Å². The van der Waals surface area contributed by atoms with Crippen molar-refractivity contribution < 1.29 is 22.8 Å². The average Bonchev–Trinajstić information content (AvgIpc) is 2.73. The second-order valence-electron chi connectivity index (χ2n) is 7.23. The van der Waals surface area contributed by atoms with E-state index in [0.29, 0.717) is 38.3 Å². The number of ether oxygens (including phenoxy) is 1. The molecular weight excluding hydrogens is 376 g/mol. The van der Waals surface area contributed by atoms with Crippen LogP contribution >= 0.6 is 0 Å². The van der Waals surface area contributed by atoms with Gasteiger partial charge in [-0.05, 0) is 17.7 Å². The smallest absolute Gasteiger partial charge is 0.243 e. The van der Waals surface area contributed by atoms with Crippen molar-refractivity contribution in [3.63, 3.8) is 0 Å². The summed E-state index contributed by atoms with van der Waals surface area (Å²) in [7, 11) is 0.337. The molecular formula is C21H27N2O4S+. The quantitative estimate of drug-likeness (QED) is 0.690. The predicted octanol–water partition coefficient (Wildman–Crippen LogP) is 0.646. The predicted molar refractivity (Wildman–Crippen MR) is 107 cm³/mol. The summed E-state index contributed by atoms with van der Waals surface area (Å²) in [4.78, 5) is 14.2. The number of likely N-dealkylation sites (N-methyl/N-ethyl adjacent to an activating group) is 1. The number of carbonyl (C=O) groups is 1. The van der Waals surface area contributed by atoms with Crippen LogP contribution in [-0.4, -0.2) is 64.9 Å². The molecule has 3 rings (SSSR count). The van der Waals surface area contributed by atoms with Gasteiger partial charge in [-0.1, -0.05) is 42.5 Å². The first-order valence-electron chi connectivity index (χ1n) is 9.46. The number of benzene rings is 2. The Balaban J connectivity index is 1.83. The van der Waals surface area contributed by atoms with Crippen LogP contribution in [0, 0.1) is 0 Å². The van der Waals surface area contributed by atoms with E-state index in [4.69, 9.17) is 4.74 Å². The molecule has 150 valence electrons. The van der Waals surface area contributed by atoms with Gasteiger partial charge in [-0.2, -0.15) is 4.31 Å². The largest absolute Gasteiger partial charge is 0.379 e. The van der Waals surface area contributed by atoms with Crippen LogP contribution in [0.4, 0.5) is 0 Å². The van der Waals surface area contributed by atoms with E-state index in [0.717, 1.165) is 10.5 Å². The van der Waals surface area contributed by atoms with Gasteiger partial charge in [-0.25, -0.2) is 8.42 Å². The van der Waals surface area contributed by atoms with E-state index < -0.39 is 10.0 Å². The Hall–Kier alpha value is -2.06. The zero-order valence-electron chi connectivity index (χ0n) is 16.3. The van der Waals surface area contributed by atoms with Crippen LogP contribution in [0.25, 0.3) is 0 Å². The Morgan fingerprint density at radius 1 is 1.07 bits per heavy atom. The van der Waals surface area contributed by atoms with Crippen LogP contribution in [0.2, 0.25) is 0 Å². The fourth-order valence-corrected chi connectivity index (χ4v) is 4.85. The number of morpholine rings is 1. The number of sulfonamides is 1. The summed E-state index contributed by atoms with van der Waals surface area (Å²) in [6.07, 6.45) is 0.475. The van der Waals surface area contributed by atoms with E-state index >= 15 is 0 Å². The topological polar surface area (TPSA) is 68.1 Å². The molecule has 0 spiro atoms. The number of nitrogens with zero attached hydrogens (tertiary/aromatic N) is 1. The first-order chi connectivity index (χ1) is 13.4. The summed E-state index contributed by atoms with van der Waals surface area (Å²) in [5.41, 5.74) is 1.51. The van der Waals surface area contributed by atoms with Crippen molar-refractivity contribution in [1.82, 2.24) is 4.31 Å². The molecule has 0 bridgehead atoms. The second kappa shape index (κ2) is 8.96. The van der Waals surface area contributed by atoms with Crippen molar-refractivity contribution in [2.24, 2.45) is 0 Å². The monoisotopic (exact) mass is 403 g/mol. The lowest BCUT2D eigenvalue weighted by Crippen LogP contribution is -3.11. The number of ketones is 1. The highest BCUT2D eigenvalue weighted by atomic mass is 32.2. The minimum atomic E-state index is -3.55. The zero-order chi connectivity index (χ0) is 20.1. The third kappa shape index (κ3) is 4.67. The first-order valence-corrected chi connectivity index (χ1v) is 10.9. The first kappa shape index (κ1) is 20.7. The third-order valence-corrected chi connectivity index (χ3v) is 6.91. The Morgan fingerprint density at radius 3 is 2.39 bits per heavy atom. The molecule has 1 N–H and O–H groups in total. The number of nitrogens with one attached hydrogen (secondary N) is 1. The molecule has 2 aromatic rings. The molecule has 28 heavy (non-hydrogen) atoms. The summed E-state index contributed by atoms with van der Waals surface area (Å²) >= 11 is 0. The van der Waals surface area contributed by atoms with Crippen molar-refractivity contribution in [3.8, 4) is 0 Å². The molecule has 1 heterocycles. The third-order valence-electron chi connectivity index (χ3n) is 5.02. The van der Waals surface area contributed by atoms with E-state index in [1.54, 1.807) is 18.2 Å². The Bertz CT molecular complexity index is 907. The average molecular weight is 404 g/mol. The maximum absolute atomic E-state index is 13.0. The lowest BCUT2D eigenvalue weighted by Gasteiger charge is -2.26. The highest BCUT2D eigenvalue weighted by Crippen LogP contribution is 2.19. The number of hydrogen-bond donors (Lipinski definition) is 1. The lowest BCUT2D eigenvalue weighted by molar-refractivity contribution is -0.874. The maximum atomic E-state index is 13.0. The number of quaternary nitrogens is 1. The van der Waals surface area contributed by atoms with Crippen molar-refractivity contribution in [3.05, 3.63) is 65.7 Å². The second-order valence-corrected chi connectivity index (χ2v) is 9.17. The summed E-state index contributed by atoms with van der Waals surface area (Å²) < 4.78 is 32.5. The lowest BCUT2D eigenvalue weighted by atomic mass is 9.97. The number of Topliss-reactive ketones (excluding diaryl/α,β-unsaturated/α-hetero) is 1. The standard InChI is InChI=1S/C21H26N2O4S/c1-22(2)20(21(24)18-8-4-3-5-9-18)16-17-7-6-10-19(15-17)28(25,26)23-11-13-27-14-12-23/h3-10,15,20H,11-14,16H2,1-2H3/p+1/t20-/m0/s1. The Labute approximate surface area is 166 Å². The SMILES string of the molecule is C[NH+](C)[C@@H](Cc1cccc(S(=O)(=O)N2CCOCC2)c1)C(=O)c1ccccc1. The van der Waals surface area contributed by atoms with Gasteiger partial charge in [0.05, 0.1) is 32.2 Å². The molecule has 0 saturated carbocycles. The van der Waals surface area contributed by atoms with Gasteiger partial charge in [0.2, 0.25) is 15.8 Å². The molecule has 1 aliphatic heterocycles. The zero-order valence-corrected chi connectivity index (χ0v) is 17.1. The molecule has 6 nitrogen and oxygen atoms in total. The van der Waals surface area contributed by atoms with Crippen LogP contribution in [0.3, 0.4) is 0 Å².